The SMILES string of the molecule is CC.OCc1ccccc1OC(F)(F)F. The Morgan fingerprint density at radius 1 is 1.20 bits per heavy atom. The van der Waals surface area contributed by atoms with Gasteiger partial charge in [0.05, 0.1) is 6.61 Å². The lowest BCUT2D eigenvalue weighted by molar-refractivity contribution is -0.275. The smallest absolute Gasteiger partial charge is 0.405 e. The molecule has 0 aliphatic heterocycles. The fraction of sp³-hybridized carbons (Fsp3) is 0.400. The molecule has 0 saturated carbocycles. The van der Waals surface area contributed by atoms with Crippen molar-refractivity contribution >= 4 is 0 Å². The van der Waals surface area contributed by atoms with Crippen molar-refractivity contribution in [1.82, 2.24) is 0 Å². The second-order valence-electron chi connectivity index (χ2n) is 2.31. The van der Waals surface area contributed by atoms with Crippen molar-refractivity contribution < 1.29 is 23.0 Å². The van der Waals surface area contributed by atoms with E-state index in [-0.39, 0.29) is 11.3 Å². The van der Waals surface area contributed by atoms with Crippen LogP contribution in [-0.2, 0) is 6.61 Å². The first kappa shape index (κ1) is 13.8. The molecular formula is C10H13F3O2. The minimum absolute atomic E-state index is 0.111. The van der Waals surface area contributed by atoms with Crippen LogP contribution in [0.15, 0.2) is 24.3 Å². The molecule has 0 aromatic heterocycles. The van der Waals surface area contributed by atoms with Gasteiger partial charge in [-0.25, -0.2) is 0 Å². The van der Waals surface area contributed by atoms with Crippen molar-refractivity contribution in [3.05, 3.63) is 29.8 Å². The lowest BCUT2D eigenvalue weighted by atomic mass is 10.2. The van der Waals surface area contributed by atoms with E-state index in [0.717, 1.165) is 6.07 Å². The quantitative estimate of drug-likeness (QED) is 0.833. The third-order valence-electron chi connectivity index (χ3n) is 1.37. The molecule has 15 heavy (non-hydrogen) atoms. The van der Waals surface area contributed by atoms with Gasteiger partial charge in [0.25, 0.3) is 0 Å². The van der Waals surface area contributed by atoms with E-state index in [2.05, 4.69) is 4.74 Å². The maximum absolute atomic E-state index is 11.8. The highest BCUT2D eigenvalue weighted by atomic mass is 19.4. The van der Waals surface area contributed by atoms with Gasteiger partial charge < -0.3 is 9.84 Å². The highest BCUT2D eigenvalue weighted by Gasteiger charge is 2.31. The molecule has 2 nitrogen and oxygen atoms in total. The molecule has 0 unspecified atom stereocenters. The van der Waals surface area contributed by atoms with E-state index in [0.29, 0.717) is 0 Å². The normalized spacial score (nSPS) is 10.3. The molecule has 0 aliphatic rings. The maximum Gasteiger partial charge on any atom is 0.573 e. The fourth-order valence-corrected chi connectivity index (χ4v) is 0.859. The predicted molar refractivity (Wildman–Crippen MR) is 50.4 cm³/mol. The Morgan fingerprint density at radius 2 is 1.73 bits per heavy atom. The number of aliphatic hydroxyl groups is 1. The maximum atomic E-state index is 11.8. The Kier molecular flexibility index (Phi) is 5.77. The molecule has 0 bridgehead atoms. The number of halogens is 3. The summed E-state index contributed by atoms with van der Waals surface area (Å²) in [4.78, 5) is 0. The van der Waals surface area contributed by atoms with Crippen LogP contribution in [-0.4, -0.2) is 11.5 Å². The van der Waals surface area contributed by atoms with Gasteiger partial charge in [-0.15, -0.1) is 13.2 Å². The third-order valence-corrected chi connectivity index (χ3v) is 1.37. The number of rotatable bonds is 2. The summed E-state index contributed by atoms with van der Waals surface area (Å²) in [5.74, 6) is -0.363. The summed E-state index contributed by atoms with van der Waals surface area (Å²) < 4.78 is 38.9. The molecule has 1 N–H and O–H groups in total. The van der Waals surface area contributed by atoms with Crippen molar-refractivity contribution in [1.29, 1.82) is 0 Å². The van der Waals surface area contributed by atoms with Gasteiger partial charge >= 0.3 is 6.36 Å². The number of para-hydroxylation sites is 1. The summed E-state index contributed by atoms with van der Waals surface area (Å²) >= 11 is 0. The lowest BCUT2D eigenvalue weighted by Crippen LogP contribution is -2.18. The van der Waals surface area contributed by atoms with E-state index in [1.807, 2.05) is 13.8 Å². The molecular weight excluding hydrogens is 209 g/mol. The zero-order valence-corrected chi connectivity index (χ0v) is 8.51. The van der Waals surface area contributed by atoms with Crippen molar-refractivity contribution in [3.8, 4) is 5.75 Å². The third kappa shape index (κ3) is 5.27. The van der Waals surface area contributed by atoms with E-state index in [9.17, 15) is 13.2 Å². The van der Waals surface area contributed by atoms with Crippen LogP contribution < -0.4 is 4.74 Å². The number of aliphatic hydroxyl groups excluding tert-OH is 1. The first-order valence-electron chi connectivity index (χ1n) is 4.47. The van der Waals surface area contributed by atoms with E-state index in [1.165, 1.54) is 18.2 Å². The standard InChI is InChI=1S/C8H7F3O2.C2H6/c9-8(10,11)13-7-4-2-1-3-6(7)5-12;1-2/h1-4,12H,5H2;1-2H3. The monoisotopic (exact) mass is 222 g/mol. The number of hydrogen-bond donors (Lipinski definition) is 1. The topological polar surface area (TPSA) is 29.5 Å². The molecule has 0 aliphatic carbocycles. The molecule has 0 saturated heterocycles. The molecule has 0 atom stereocenters. The van der Waals surface area contributed by atoms with Crippen LogP contribution >= 0.6 is 0 Å². The van der Waals surface area contributed by atoms with Gasteiger partial charge in [-0.05, 0) is 6.07 Å². The Balaban J connectivity index is 0.000000921. The second-order valence-corrected chi connectivity index (χ2v) is 2.31. The first-order chi connectivity index (χ1) is 7.03. The molecule has 0 fully saturated rings. The second kappa shape index (κ2) is 6.29. The Hall–Kier alpha value is -1.23. The molecule has 0 heterocycles. The summed E-state index contributed by atoms with van der Waals surface area (Å²) in [6.45, 7) is 3.52. The number of ether oxygens (including phenoxy) is 1. The summed E-state index contributed by atoms with van der Waals surface area (Å²) in [6, 6.07) is 5.44. The van der Waals surface area contributed by atoms with Gasteiger partial charge in [0.15, 0.2) is 0 Å². The van der Waals surface area contributed by atoms with Crippen LogP contribution in [0.1, 0.15) is 19.4 Å². The molecule has 1 rings (SSSR count). The Labute approximate surface area is 86.3 Å². The van der Waals surface area contributed by atoms with E-state index >= 15 is 0 Å². The zero-order chi connectivity index (χ0) is 11.9. The van der Waals surface area contributed by atoms with Crippen molar-refractivity contribution in [3.63, 3.8) is 0 Å². The molecule has 1 aromatic rings. The zero-order valence-electron chi connectivity index (χ0n) is 8.51. The highest BCUT2D eigenvalue weighted by Crippen LogP contribution is 2.25. The number of benzene rings is 1. The lowest BCUT2D eigenvalue weighted by Gasteiger charge is -2.11. The van der Waals surface area contributed by atoms with Crippen LogP contribution in [0.2, 0.25) is 0 Å². The van der Waals surface area contributed by atoms with Gasteiger partial charge in [-0.2, -0.15) is 0 Å². The molecule has 86 valence electrons. The van der Waals surface area contributed by atoms with Gasteiger partial charge in [-0.1, -0.05) is 32.0 Å². The van der Waals surface area contributed by atoms with E-state index < -0.39 is 13.0 Å². The van der Waals surface area contributed by atoms with E-state index in [4.69, 9.17) is 5.11 Å². The van der Waals surface area contributed by atoms with Gasteiger partial charge in [-0.3, -0.25) is 0 Å². The Morgan fingerprint density at radius 3 is 2.20 bits per heavy atom. The molecule has 0 amide bonds. The Bertz CT molecular complexity index is 284. The fourth-order valence-electron chi connectivity index (χ4n) is 0.859. The summed E-state index contributed by atoms with van der Waals surface area (Å²) in [5.41, 5.74) is 0.111. The number of alkyl halides is 3. The van der Waals surface area contributed by atoms with Crippen LogP contribution in [0.3, 0.4) is 0 Å². The minimum atomic E-state index is -4.72. The average Bonchev–Trinajstić information content (AvgIpc) is 2.19. The van der Waals surface area contributed by atoms with Crippen LogP contribution in [0.25, 0.3) is 0 Å². The highest BCUT2D eigenvalue weighted by molar-refractivity contribution is 5.32. The van der Waals surface area contributed by atoms with Crippen molar-refractivity contribution in [2.75, 3.05) is 0 Å². The molecule has 0 radical (unpaired) electrons. The molecule has 5 heteroatoms. The summed E-state index contributed by atoms with van der Waals surface area (Å²) in [5, 5.41) is 8.67. The van der Waals surface area contributed by atoms with Crippen molar-refractivity contribution in [2.45, 2.75) is 26.8 Å². The summed E-state index contributed by atoms with van der Waals surface area (Å²) in [7, 11) is 0. The van der Waals surface area contributed by atoms with Crippen molar-refractivity contribution in [2.24, 2.45) is 0 Å². The van der Waals surface area contributed by atoms with Gasteiger partial charge in [0.2, 0.25) is 0 Å². The average molecular weight is 222 g/mol. The predicted octanol–water partition coefficient (Wildman–Crippen LogP) is 3.10. The van der Waals surface area contributed by atoms with Gasteiger partial charge in [0.1, 0.15) is 5.75 Å². The first-order valence-corrected chi connectivity index (χ1v) is 4.47. The van der Waals surface area contributed by atoms with Crippen LogP contribution in [0.5, 0.6) is 5.75 Å². The molecule has 1 aromatic carbocycles. The van der Waals surface area contributed by atoms with E-state index in [1.54, 1.807) is 0 Å². The largest absolute Gasteiger partial charge is 0.573 e. The number of hydrogen-bond acceptors (Lipinski definition) is 2. The van der Waals surface area contributed by atoms with Crippen LogP contribution in [0.4, 0.5) is 13.2 Å². The van der Waals surface area contributed by atoms with Crippen LogP contribution in [0, 0.1) is 0 Å². The minimum Gasteiger partial charge on any atom is -0.405 e. The molecule has 0 spiro atoms. The summed E-state index contributed by atoms with van der Waals surface area (Å²) in [6.07, 6.45) is -4.72. The van der Waals surface area contributed by atoms with Gasteiger partial charge in [0, 0.05) is 5.56 Å².